The normalized spacial score (nSPS) is 25.8. The predicted molar refractivity (Wildman–Crippen MR) is 168 cm³/mol. The quantitative estimate of drug-likeness (QED) is 0.250. The lowest BCUT2D eigenvalue weighted by atomic mass is 9.70. The SMILES string of the molecule is C[C@]12Cc3cnn(-c4ccc(F)cc4)c3C=C1CC[C@@H]2C=O.C[C@]12Cc3cnn(-c4ccc(F)cc4)c3C=C1CC[C@@H]2CO.F. The van der Waals surface area contributed by atoms with Crippen molar-refractivity contribution in [3.63, 3.8) is 0 Å². The van der Waals surface area contributed by atoms with E-state index in [1.54, 1.807) is 24.3 Å². The highest BCUT2D eigenvalue weighted by molar-refractivity contribution is 5.67. The average Bonchev–Trinajstić information content (AvgIpc) is 3.77. The molecule has 0 saturated heterocycles. The number of allylic oxidation sites excluding steroid dienone is 2. The summed E-state index contributed by atoms with van der Waals surface area (Å²) in [6.07, 6.45) is 15.0. The highest BCUT2D eigenvalue weighted by Crippen LogP contribution is 2.53. The number of fused-ring (bicyclic) bond motifs is 4. The summed E-state index contributed by atoms with van der Waals surface area (Å²) in [4.78, 5) is 11.4. The second-order valence-electron chi connectivity index (χ2n) is 13.1. The molecule has 2 saturated carbocycles. The van der Waals surface area contributed by atoms with E-state index in [9.17, 15) is 18.7 Å². The maximum atomic E-state index is 13.1. The number of aldehydes is 1. The van der Waals surface area contributed by atoms with Crippen molar-refractivity contribution >= 4 is 18.4 Å². The highest BCUT2D eigenvalue weighted by atomic mass is 19.1. The van der Waals surface area contributed by atoms with Gasteiger partial charge in [-0.2, -0.15) is 10.2 Å². The van der Waals surface area contributed by atoms with Crippen molar-refractivity contribution in [3.8, 4) is 11.4 Å². The summed E-state index contributed by atoms with van der Waals surface area (Å²) >= 11 is 0. The smallest absolute Gasteiger partial charge is 0.123 e. The lowest BCUT2D eigenvalue weighted by Gasteiger charge is -2.35. The largest absolute Gasteiger partial charge is 0.396 e. The first-order chi connectivity index (χ1) is 21.2. The Balaban J connectivity index is 0.000000155. The number of aromatic nitrogens is 4. The van der Waals surface area contributed by atoms with E-state index in [2.05, 4.69) is 36.2 Å². The fraction of sp³-hybridized carbons (Fsp3) is 0.361. The van der Waals surface area contributed by atoms with Crippen LogP contribution in [0.5, 0.6) is 0 Å². The molecule has 2 fully saturated rings. The predicted octanol–water partition coefficient (Wildman–Crippen LogP) is 7.08. The number of halogens is 3. The summed E-state index contributed by atoms with van der Waals surface area (Å²) in [5.41, 5.74) is 8.98. The number of hydrogen-bond donors (Lipinski definition) is 1. The van der Waals surface area contributed by atoms with Crippen molar-refractivity contribution in [2.75, 3.05) is 6.61 Å². The molecule has 45 heavy (non-hydrogen) atoms. The third-order valence-corrected chi connectivity index (χ3v) is 10.7. The molecular formula is C36H37F3N4O2. The third-order valence-electron chi connectivity index (χ3n) is 10.7. The Kier molecular flexibility index (Phi) is 7.93. The van der Waals surface area contributed by atoms with E-state index >= 15 is 0 Å². The zero-order valence-corrected chi connectivity index (χ0v) is 25.4. The van der Waals surface area contributed by atoms with E-state index in [1.165, 1.54) is 41.0 Å². The minimum atomic E-state index is -0.250. The standard InChI is InChI=1S/C18H19FN2O.C18H17FN2O.FH/c2*1-18-9-12-10-20-21(16-6-4-15(19)5-7-16)17(12)8-13(18)2-3-14(18)11-22;/h4-8,10,14,22H,2-3,9,11H2,1H3;4-8,10-11,14H,2-3,9H2,1H3;1H/t2*14-,18+;/m11./s1. The summed E-state index contributed by atoms with van der Waals surface area (Å²) in [6, 6.07) is 12.8. The molecule has 9 heteroatoms. The van der Waals surface area contributed by atoms with E-state index in [-0.39, 0.29) is 39.7 Å². The summed E-state index contributed by atoms with van der Waals surface area (Å²) in [5, 5.41) is 18.6. The number of carbonyl (C=O) groups excluding carboxylic acids is 1. The number of nitrogens with zero attached hydrogens (tertiary/aromatic N) is 4. The molecule has 0 amide bonds. The van der Waals surface area contributed by atoms with Gasteiger partial charge < -0.3 is 9.90 Å². The molecule has 4 aromatic rings. The molecule has 1 N–H and O–H groups in total. The second-order valence-corrected chi connectivity index (χ2v) is 13.1. The number of benzene rings is 2. The van der Waals surface area contributed by atoms with Crippen LogP contribution in [-0.4, -0.2) is 37.6 Å². The number of hydrogen-bond acceptors (Lipinski definition) is 4. The van der Waals surface area contributed by atoms with E-state index in [4.69, 9.17) is 0 Å². The maximum absolute atomic E-state index is 13.1. The van der Waals surface area contributed by atoms with Gasteiger partial charge in [-0.25, -0.2) is 18.1 Å². The van der Waals surface area contributed by atoms with Gasteiger partial charge in [-0.15, -0.1) is 0 Å². The first-order valence-corrected chi connectivity index (χ1v) is 15.4. The first-order valence-electron chi connectivity index (χ1n) is 15.4. The Labute approximate surface area is 260 Å². The van der Waals surface area contributed by atoms with Crippen LogP contribution >= 0.6 is 0 Å². The Morgan fingerprint density at radius 2 is 1.27 bits per heavy atom. The van der Waals surface area contributed by atoms with Gasteiger partial charge >= 0.3 is 0 Å². The molecule has 4 atom stereocenters. The van der Waals surface area contributed by atoms with E-state index in [1.807, 2.05) is 21.8 Å². The van der Waals surface area contributed by atoms with Gasteiger partial charge in [0.15, 0.2) is 0 Å². The van der Waals surface area contributed by atoms with Gasteiger partial charge in [0.1, 0.15) is 17.9 Å². The Morgan fingerprint density at radius 3 is 1.76 bits per heavy atom. The molecule has 4 aliphatic carbocycles. The van der Waals surface area contributed by atoms with Crippen molar-refractivity contribution in [2.45, 2.75) is 52.4 Å². The van der Waals surface area contributed by atoms with Crippen molar-refractivity contribution in [3.05, 3.63) is 106 Å². The van der Waals surface area contributed by atoms with Gasteiger partial charge in [-0.1, -0.05) is 25.0 Å². The summed E-state index contributed by atoms with van der Waals surface area (Å²) in [6.45, 7) is 4.68. The Morgan fingerprint density at radius 1 is 0.800 bits per heavy atom. The van der Waals surface area contributed by atoms with Crippen LogP contribution in [0.4, 0.5) is 13.5 Å². The fourth-order valence-corrected chi connectivity index (χ4v) is 7.90. The molecule has 8 rings (SSSR count). The van der Waals surface area contributed by atoms with Crippen LogP contribution < -0.4 is 0 Å². The minimum absolute atomic E-state index is 0. The summed E-state index contributed by atoms with van der Waals surface area (Å²) < 4.78 is 30.0. The number of rotatable bonds is 4. The molecule has 2 aromatic heterocycles. The van der Waals surface area contributed by atoms with Crippen LogP contribution in [0.2, 0.25) is 0 Å². The van der Waals surface area contributed by atoms with Crippen molar-refractivity contribution in [2.24, 2.45) is 22.7 Å². The minimum Gasteiger partial charge on any atom is -0.396 e. The molecule has 0 aliphatic heterocycles. The van der Waals surface area contributed by atoms with Gasteiger partial charge in [0.05, 0.1) is 35.2 Å². The van der Waals surface area contributed by atoms with Gasteiger partial charge in [0.2, 0.25) is 0 Å². The number of aliphatic hydroxyl groups excluding tert-OH is 1. The van der Waals surface area contributed by atoms with Gasteiger partial charge in [0, 0.05) is 17.9 Å². The molecule has 2 aromatic carbocycles. The third kappa shape index (κ3) is 5.07. The Hall–Kier alpha value is -4.24. The van der Waals surface area contributed by atoms with Crippen LogP contribution in [0.3, 0.4) is 0 Å². The number of aliphatic hydroxyl groups is 1. The van der Waals surface area contributed by atoms with Gasteiger partial charge in [-0.3, -0.25) is 4.70 Å². The number of carbonyl (C=O) groups is 1. The van der Waals surface area contributed by atoms with Crippen molar-refractivity contribution < 1.29 is 23.4 Å². The monoisotopic (exact) mass is 614 g/mol. The fourth-order valence-electron chi connectivity index (χ4n) is 7.90. The van der Waals surface area contributed by atoms with Gasteiger partial charge in [-0.05, 0) is 122 Å². The zero-order chi connectivity index (χ0) is 30.6. The van der Waals surface area contributed by atoms with Crippen LogP contribution in [0.15, 0.2) is 72.1 Å². The molecule has 0 bridgehead atoms. The molecule has 0 radical (unpaired) electrons. The highest BCUT2D eigenvalue weighted by Gasteiger charge is 2.46. The van der Waals surface area contributed by atoms with Gasteiger partial charge in [0.25, 0.3) is 0 Å². The molecule has 6 nitrogen and oxygen atoms in total. The van der Waals surface area contributed by atoms with Crippen molar-refractivity contribution in [1.29, 1.82) is 0 Å². The summed E-state index contributed by atoms with van der Waals surface area (Å²) in [7, 11) is 0. The van der Waals surface area contributed by atoms with E-state index < -0.39 is 0 Å². The molecular weight excluding hydrogens is 577 g/mol. The lowest BCUT2D eigenvalue weighted by Crippen LogP contribution is -2.30. The summed E-state index contributed by atoms with van der Waals surface area (Å²) in [5.74, 6) is -0.0558. The van der Waals surface area contributed by atoms with Crippen LogP contribution in [-0.2, 0) is 17.6 Å². The molecule has 0 spiro atoms. The molecule has 0 unspecified atom stereocenters. The second kappa shape index (κ2) is 11.6. The maximum Gasteiger partial charge on any atom is 0.123 e. The molecule has 4 aliphatic rings. The van der Waals surface area contributed by atoms with E-state index in [0.717, 1.165) is 73.1 Å². The average molecular weight is 615 g/mol. The van der Waals surface area contributed by atoms with Crippen LogP contribution in [0.1, 0.15) is 62.0 Å². The topological polar surface area (TPSA) is 72.9 Å². The molecule has 2 heterocycles. The lowest BCUT2D eigenvalue weighted by molar-refractivity contribution is -0.113. The van der Waals surface area contributed by atoms with E-state index in [0.29, 0.717) is 5.92 Å². The first kappa shape index (κ1) is 30.8. The van der Waals surface area contributed by atoms with Crippen LogP contribution in [0.25, 0.3) is 23.5 Å². The molecule has 234 valence electrons. The van der Waals surface area contributed by atoms with Crippen LogP contribution in [0, 0.1) is 34.3 Å². The zero-order valence-electron chi connectivity index (χ0n) is 25.4. The van der Waals surface area contributed by atoms with Crippen molar-refractivity contribution in [1.82, 2.24) is 19.6 Å². The Bertz CT molecular complexity index is 1790.